The molecular weight excluding hydrogens is 362 g/mol. The van der Waals surface area contributed by atoms with Crippen LogP contribution in [-0.2, 0) is 10.8 Å². The number of hydrogen-bond acceptors (Lipinski definition) is 3. The molecule has 150 valence electrons. The molecule has 1 aliphatic rings. The van der Waals surface area contributed by atoms with Gasteiger partial charge in [-0.05, 0) is 59.4 Å². The maximum absolute atomic E-state index is 12.9. The molecule has 0 spiro atoms. The van der Waals surface area contributed by atoms with Gasteiger partial charge in [-0.3, -0.25) is 14.6 Å². The Morgan fingerprint density at radius 3 is 2.31 bits per heavy atom. The third kappa shape index (κ3) is 3.05. The number of aromatic amines is 1. The number of nitrogens with zero attached hydrogens (tertiary/aromatic N) is 1. The molecule has 29 heavy (non-hydrogen) atoms. The molecule has 0 bridgehead atoms. The molecule has 1 amide bonds. The van der Waals surface area contributed by atoms with Crippen molar-refractivity contribution in [2.75, 3.05) is 0 Å². The van der Waals surface area contributed by atoms with Crippen molar-refractivity contribution in [1.82, 2.24) is 9.97 Å². The molecule has 3 aromatic rings. The topological polar surface area (TPSA) is 88.8 Å². The highest BCUT2D eigenvalue weighted by atomic mass is 16.1. The van der Waals surface area contributed by atoms with E-state index in [2.05, 4.69) is 56.7 Å². The second-order valence-electron chi connectivity index (χ2n) is 9.47. The van der Waals surface area contributed by atoms with Crippen molar-refractivity contribution < 1.29 is 4.79 Å². The van der Waals surface area contributed by atoms with E-state index in [0.717, 1.165) is 29.7 Å². The van der Waals surface area contributed by atoms with E-state index < -0.39 is 5.91 Å². The van der Waals surface area contributed by atoms with E-state index in [4.69, 9.17) is 5.73 Å². The molecule has 0 saturated carbocycles. The van der Waals surface area contributed by atoms with Crippen molar-refractivity contribution in [2.45, 2.75) is 58.3 Å². The van der Waals surface area contributed by atoms with Gasteiger partial charge in [0.05, 0.1) is 10.9 Å². The summed E-state index contributed by atoms with van der Waals surface area (Å²) in [6.07, 6.45) is 3.77. The van der Waals surface area contributed by atoms with Crippen LogP contribution in [0.4, 0.5) is 0 Å². The summed E-state index contributed by atoms with van der Waals surface area (Å²) < 4.78 is 0. The molecule has 4 rings (SSSR count). The van der Waals surface area contributed by atoms with E-state index in [1.54, 1.807) is 12.1 Å². The lowest BCUT2D eigenvalue weighted by atomic mass is 9.62. The van der Waals surface area contributed by atoms with Crippen molar-refractivity contribution in [2.24, 2.45) is 5.73 Å². The number of aryl methyl sites for hydroxylation is 1. The minimum atomic E-state index is -0.706. The van der Waals surface area contributed by atoms with Gasteiger partial charge in [-0.1, -0.05) is 33.8 Å². The minimum absolute atomic E-state index is 0.000320. The lowest BCUT2D eigenvalue weighted by Gasteiger charge is -2.42. The van der Waals surface area contributed by atoms with Gasteiger partial charge in [0.15, 0.2) is 5.43 Å². The number of rotatable bonds is 2. The van der Waals surface area contributed by atoms with Crippen molar-refractivity contribution >= 4 is 16.8 Å². The number of carbonyl (C=O) groups excluding carboxylic acids is 1. The van der Waals surface area contributed by atoms with Crippen LogP contribution >= 0.6 is 0 Å². The number of primary amides is 1. The van der Waals surface area contributed by atoms with E-state index in [-0.39, 0.29) is 27.3 Å². The van der Waals surface area contributed by atoms with Crippen LogP contribution in [-0.4, -0.2) is 15.9 Å². The van der Waals surface area contributed by atoms with Gasteiger partial charge < -0.3 is 10.7 Å². The van der Waals surface area contributed by atoms with E-state index in [1.165, 1.54) is 17.3 Å². The highest BCUT2D eigenvalue weighted by Crippen LogP contribution is 2.47. The maximum Gasteiger partial charge on any atom is 0.268 e. The largest absolute Gasteiger partial charge is 0.364 e. The Bertz CT molecular complexity index is 1220. The molecule has 0 radical (unpaired) electrons. The highest BCUT2D eigenvalue weighted by Gasteiger charge is 2.37. The number of benzene rings is 1. The molecule has 0 fully saturated rings. The van der Waals surface area contributed by atoms with E-state index >= 15 is 0 Å². The van der Waals surface area contributed by atoms with Crippen molar-refractivity contribution in [1.29, 1.82) is 0 Å². The van der Waals surface area contributed by atoms with Crippen LogP contribution in [0.15, 0.2) is 35.3 Å². The van der Waals surface area contributed by atoms with Crippen LogP contribution in [0.25, 0.3) is 22.2 Å². The van der Waals surface area contributed by atoms with Gasteiger partial charge in [-0.25, -0.2) is 0 Å². The molecule has 1 aromatic carbocycles. The number of fused-ring (bicyclic) bond motifs is 2. The van der Waals surface area contributed by atoms with Gasteiger partial charge in [0, 0.05) is 23.5 Å². The number of amides is 1. The first-order valence-electron chi connectivity index (χ1n) is 9.99. The number of H-pyrrole nitrogens is 1. The van der Waals surface area contributed by atoms with Gasteiger partial charge in [0.1, 0.15) is 5.69 Å². The Balaban J connectivity index is 1.98. The quantitative estimate of drug-likeness (QED) is 0.683. The van der Waals surface area contributed by atoms with E-state index in [1.807, 2.05) is 0 Å². The fourth-order valence-electron chi connectivity index (χ4n) is 4.54. The molecule has 0 unspecified atom stereocenters. The molecule has 2 aromatic heterocycles. The van der Waals surface area contributed by atoms with Crippen molar-refractivity contribution in [3.63, 3.8) is 0 Å². The zero-order valence-corrected chi connectivity index (χ0v) is 17.6. The van der Waals surface area contributed by atoms with Crippen LogP contribution in [0.3, 0.4) is 0 Å². The summed E-state index contributed by atoms with van der Waals surface area (Å²) in [6.45, 7) is 11.3. The molecule has 0 atom stereocenters. The first kappa shape index (κ1) is 19.4. The Morgan fingerprint density at radius 1 is 1.07 bits per heavy atom. The lowest BCUT2D eigenvalue weighted by Crippen LogP contribution is -2.34. The summed E-state index contributed by atoms with van der Waals surface area (Å²) in [5, 5.41) is 0.237. The number of hydrogen-bond donors (Lipinski definition) is 2. The lowest BCUT2D eigenvalue weighted by molar-refractivity contribution is 0.0997. The average Bonchev–Trinajstić information content (AvgIpc) is 2.64. The zero-order valence-electron chi connectivity index (χ0n) is 17.6. The molecule has 5 heteroatoms. The number of aromatic nitrogens is 2. The summed E-state index contributed by atoms with van der Waals surface area (Å²) >= 11 is 0. The minimum Gasteiger partial charge on any atom is -0.364 e. The fourth-order valence-corrected chi connectivity index (χ4v) is 4.54. The van der Waals surface area contributed by atoms with Crippen LogP contribution in [0, 0.1) is 6.92 Å². The summed E-state index contributed by atoms with van der Waals surface area (Å²) in [5.74, 6) is -0.706. The molecule has 3 N–H and O–H groups in total. The van der Waals surface area contributed by atoms with Gasteiger partial charge >= 0.3 is 0 Å². The van der Waals surface area contributed by atoms with Crippen LogP contribution in [0.1, 0.15) is 67.7 Å². The standard InChI is InChI=1S/C24H27N3O2/c1-13-10-15-16(24(4,5)8-7-23(15,2)3)11-14(13)18-12-19(28)20-17(27-18)6-9-26-21(20)22(25)29/h6,9-12H,7-8H2,1-5H3,(H2,25,29)(H,27,28). The summed E-state index contributed by atoms with van der Waals surface area (Å²) in [5.41, 5.74) is 11.5. The van der Waals surface area contributed by atoms with E-state index in [9.17, 15) is 9.59 Å². The van der Waals surface area contributed by atoms with Crippen LogP contribution in [0.5, 0.6) is 0 Å². The van der Waals surface area contributed by atoms with Gasteiger partial charge in [0.25, 0.3) is 5.91 Å². The number of pyridine rings is 2. The molecular formula is C24H27N3O2. The second kappa shape index (κ2) is 6.28. The zero-order chi connectivity index (χ0) is 21.1. The Hall–Kier alpha value is -2.95. The molecule has 0 aliphatic heterocycles. The van der Waals surface area contributed by atoms with Crippen LogP contribution in [0.2, 0.25) is 0 Å². The fraction of sp³-hybridized carbons (Fsp3) is 0.375. The molecule has 0 saturated heterocycles. The summed E-state index contributed by atoms with van der Waals surface area (Å²) in [6, 6.07) is 7.76. The monoisotopic (exact) mass is 389 g/mol. The number of carbonyl (C=O) groups is 1. The number of nitrogens with one attached hydrogen (secondary N) is 1. The van der Waals surface area contributed by atoms with Crippen LogP contribution < -0.4 is 11.2 Å². The first-order valence-corrected chi connectivity index (χ1v) is 9.99. The third-order valence-corrected chi connectivity index (χ3v) is 6.46. The second-order valence-corrected chi connectivity index (χ2v) is 9.47. The van der Waals surface area contributed by atoms with Gasteiger partial charge in [-0.2, -0.15) is 0 Å². The Labute approximate surface area is 170 Å². The first-order chi connectivity index (χ1) is 13.5. The van der Waals surface area contributed by atoms with E-state index in [0.29, 0.717) is 5.52 Å². The molecule has 5 nitrogen and oxygen atoms in total. The normalized spacial score (nSPS) is 17.1. The average molecular weight is 389 g/mol. The maximum atomic E-state index is 12.9. The third-order valence-electron chi connectivity index (χ3n) is 6.46. The predicted molar refractivity (Wildman–Crippen MR) is 116 cm³/mol. The summed E-state index contributed by atoms with van der Waals surface area (Å²) in [7, 11) is 0. The SMILES string of the molecule is Cc1cc2c(cc1-c1cc(=O)c3c(C(N)=O)nccc3[nH]1)C(C)(C)CCC2(C)C. The van der Waals surface area contributed by atoms with Gasteiger partial charge in [0.2, 0.25) is 0 Å². The van der Waals surface area contributed by atoms with Crippen molar-refractivity contribution in [3.8, 4) is 11.3 Å². The molecule has 2 heterocycles. The Morgan fingerprint density at radius 2 is 1.69 bits per heavy atom. The Kier molecular flexibility index (Phi) is 4.19. The smallest absolute Gasteiger partial charge is 0.268 e. The van der Waals surface area contributed by atoms with Crippen molar-refractivity contribution in [3.05, 3.63) is 63.1 Å². The number of nitrogens with two attached hydrogens (primary N) is 1. The van der Waals surface area contributed by atoms with Gasteiger partial charge in [-0.15, -0.1) is 0 Å². The predicted octanol–water partition coefficient (Wildman–Crippen LogP) is 4.35. The summed E-state index contributed by atoms with van der Waals surface area (Å²) in [4.78, 5) is 31.8. The highest BCUT2D eigenvalue weighted by molar-refractivity contribution is 6.03. The molecule has 1 aliphatic carbocycles.